The molecule has 0 spiro atoms. The average Bonchev–Trinajstić information content (AvgIpc) is 2.13. The molecule has 6 heteroatoms. The second-order valence-corrected chi connectivity index (χ2v) is 4.90. The maximum Gasteiger partial charge on any atom is 0.408 e. The number of hydrogen-bond acceptors (Lipinski definition) is 3. The van der Waals surface area contributed by atoms with Gasteiger partial charge >= 0.3 is 12.1 Å². The highest BCUT2D eigenvalue weighted by molar-refractivity contribution is 5.84. The number of nitrogens with one attached hydrogen (secondary N) is 1. The van der Waals surface area contributed by atoms with Crippen molar-refractivity contribution < 1.29 is 23.8 Å². The van der Waals surface area contributed by atoms with Crippen molar-refractivity contribution in [3.8, 4) is 0 Å². The number of carbonyl (C=O) groups excluding carboxylic acids is 1. The number of rotatable bonds is 5. The summed E-state index contributed by atoms with van der Waals surface area (Å²) in [5.41, 5.74) is -2.64. The number of aliphatic carboxylic acids is 1. The van der Waals surface area contributed by atoms with Crippen LogP contribution in [0.3, 0.4) is 0 Å². The lowest BCUT2D eigenvalue weighted by Crippen LogP contribution is -2.57. The summed E-state index contributed by atoms with van der Waals surface area (Å²) in [5.74, 6) is -1.40. The van der Waals surface area contributed by atoms with Gasteiger partial charge in [-0.25, -0.2) is 14.0 Å². The Bertz CT molecular complexity index is 288. The Balaban J connectivity index is 4.75. The topological polar surface area (TPSA) is 75.6 Å². The third-order valence-electron chi connectivity index (χ3n) is 2.05. The molecule has 0 aromatic carbocycles. The molecule has 0 aliphatic rings. The molecule has 0 aliphatic carbocycles. The number of halogens is 1. The second kappa shape index (κ2) is 5.84. The number of amides is 1. The van der Waals surface area contributed by atoms with Gasteiger partial charge in [-0.05, 0) is 27.2 Å². The molecule has 0 aliphatic heterocycles. The molecular weight excluding hydrogens is 229 g/mol. The van der Waals surface area contributed by atoms with Gasteiger partial charge in [0.2, 0.25) is 0 Å². The van der Waals surface area contributed by atoms with Crippen LogP contribution in [0, 0.1) is 0 Å². The van der Waals surface area contributed by atoms with E-state index >= 15 is 0 Å². The van der Waals surface area contributed by atoms with Crippen molar-refractivity contribution in [2.45, 2.75) is 51.7 Å². The predicted octanol–water partition coefficient (Wildman–Crippen LogP) is 2.10. The Morgan fingerprint density at radius 3 is 2.18 bits per heavy atom. The standard InChI is InChI=1S/C11H20FNO4/c1-5-6-11(7-12,8(14)15)13-9(16)17-10(2,3)4/h5-7H2,1-4H3,(H,13,16)(H,14,15)/t11-/m1/s1. The molecule has 0 radical (unpaired) electrons. The van der Waals surface area contributed by atoms with E-state index in [-0.39, 0.29) is 6.42 Å². The highest BCUT2D eigenvalue weighted by Gasteiger charge is 2.40. The number of alkyl halides is 1. The SMILES string of the molecule is CCC[C@](CF)(NC(=O)OC(C)(C)C)C(=O)O. The second-order valence-electron chi connectivity index (χ2n) is 4.90. The lowest BCUT2D eigenvalue weighted by atomic mass is 9.95. The third-order valence-corrected chi connectivity index (χ3v) is 2.05. The molecule has 100 valence electrons. The highest BCUT2D eigenvalue weighted by atomic mass is 19.1. The molecule has 1 amide bonds. The molecule has 0 aromatic heterocycles. The number of ether oxygens (including phenoxy) is 1. The smallest absolute Gasteiger partial charge is 0.408 e. The highest BCUT2D eigenvalue weighted by Crippen LogP contribution is 2.16. The minimum Gasteiger partial charge on any atom is -0.479 e. The van der Waals surface area contributed by atoms with Crippen LogP contribution in [-0.4, -0.2) is 35.0 Å². The first-order valence-corrected chi connectivity index (χ1v) is 5.47. The first-order valence-electron chi connectivity index (χ1n) is 5.47. The van der Waals surface area contributed by atoms with Gasteiger partial charge in [-0.15, -0.1) is 0 Å². The van der Waals surface area contributed by atoms with Gasteiger partial charge < -0.3 is 15.2 Å². The van der Waals surface area contributed by atoms with Crippen molar-refractivity contribution in [1.29, 1.82) is 0 Å². The van der Waals surface area contributed by atoms with Crippen molar-refractivity contribution in [3.05, 3.63) is 0 Å². The first kappa shape index (κ1) is 15.7. The molecule has 0 unspecified atom stereocenters. The number of carbonyl (C=O) groups is 2. The van der Waals surface area contributed by atoms with Gasteiger partial charge in [0.05, 0.1) is 0 Å². The number of alkyl carbamates (subject to hydrolysis) is 1. The summed E-state index contributed by atoms with van der Waals surface area (Å²) in [6.45, 7) is 5.47. The van der Waals surface area contributed by atoms with Gasteiger partial charge in [0.1, 0.15) is 12.3 Å². The number of carboxylic acid groups (broad SMARTS) is 1. The Morgan fingerprint density at radius 2 is 1.88 bits per heavy atom. The van der Waals surface area contributed by atoms with Crippen molar-refractivity contribution >= 4 is 12.1 Å². The molecule has 5 nitrogen and oxygen atoms in total. The van der Waals surface area contributed by atoms with E-state index in [1.165, 1.54) is 0 Å². The van der Waals surface area contributed by atoms with E-state index in [2.05, 4.69) is 5.32 Å². The fourth-order valence-corrected chi connectivity index (χ4v) is 1.31. The van der Waals surface area contributed by atoms with Gasteiger partial charge in [0.25, 0.3) is 0 Å². The Labute approximate surface area is 100 Å². The third kappa shape index (κ3) is 5.01. The molecule has 0 heterocycles. The summed E-state index contributed by atoms with van der Waals surface area (Å²) in [5, 5.41) is 11.1. The average molecular weight is 249 g/mol. The van der Waals surface area contributed by atoms with Crippen molar-refractivity contribution in [1.82, 2.24) is 5.32 Å². The van der Waals surface area contributed by atoms with E-state index in [0.29, 0.717) is 6.42 Å². The summed E-state index contributed by atoms with van der Waals surface area (Å²) in [7, 11) is 0. The molecule has 0 aromatic rings. The molecule has 0 saturated carbocycles. The van der Waals surface area contributed by atoms with E-state index in [1.807, 2.05) is 0 Å². The summed E-state index contributed by atoms with van der Waals surface area (Å²) >= 11 is 0. The number of carboxylic acids is 1. The van der Waals surface area contributed by atoms with E-state index in [1.54, 1.807) is 27.7 Å². The zero-order chi connectivity index (χ0) is 13.7. The molecule has 0 bridgehead atoms. The summed E-state index contributed by atoms with van der Waals surface area (Å²) in [4.78, 5) is 22.5. The summed E-state index contributed by atoms with van der Waals surface area (Å²) in [6.07, 6.45) is -0.476. The van der Waals surface area contributed by atoms with Gasteiger partial charge in [0, 0.05) is 0 Å². The van der Waals surface area contributed by atoms with Crippen LogP contribution in [-0.2, 0) is 9.53 Å². The van der Waals surface area contributed by atoms with E-state index < -0.39 is 29.9 Å². The quantitative estimate of drug-likeness (QED) is 0.782. The molecular formula is C11H20FNO4. The van der Waals surface area contributed by atoms with Crippen molar-refractivity contribution in [2.24, 2.45) is 0 Å². The predicted molar refractivity (Wildman–Crippen MR) is 60.6 cm³/mol. The molecule has 0 fully saturated rings. The largest absolute Gasteiger partial charge is 0.479 e. The van der Waals surface area contributed by atoms with E-state index in [0.717, 1.165) is 0 Å². The van der Waals surface area contributed by atoms with Gasteiger partial charge in [-0.3, -0.25) is 0 Å². The van der Waals surface area contributed by atoms with Crippen LogP contribution in [0.2, 0.25) is 0 Å². The Kier molecular flexibility index (Phi) is 5.38. The van der Waals surface area contributed by atoms with Gasteiger partial charge in [-0.2, -0.15) is 0 Å². The minimum atomic E-state index is -1.89. The maximum absolute atomic E-state index is 12.9. The van der Waals surface area contributed by atoms with Gasteiger partial charge in [0.15, 0.2) is 5.54 Å². The number of hydrogen-bond donors (Lipinski definition) is 2. The fraction of sp³-hybridized carbons (Fsp3) is 0.818. The monoisotopic (exact) mass is 249 g/mol. The normalized spacial score (nSPS) is 14.9. The lowest BCUT2D eigenvalue weighted by Gasteiger charge is -2.29. The Hall–Kier alpha value is -1.33. The fourth-order valence-electron chi connectivity index (χ4n) is 1.31. The van der Waals surface area contributed by atoms with Crippen LogP contribution in [0.4, 0.5) is 9.18 Å². The van der Waals surface area contributed by atoms with Crippen LogP contribution in [0.15, 0.2) is 0 Å². The molecule has 0 rings (SSSR count). The van der Waals surface area contributed by atoms with Crippen LogP contribution >= 0.6 is 0 Å². The summed E-state index contributed by atoms with van der Waals surface area (Å²) < 4.78 is 17.8. The minimum absolute atomic E-state index is 0.0120. The molecule has 17 heavy (non-hydrogen) atoms. The molecule has 0 saturated heterocycles. The van der Waals surface area contributed by atoms with E-state index in [9.17, 15) is 14.0 Å². The van der Waals surface area contributed by atoms with E-state index in [4.69, 9.17) is 9.84 Å². The van der Waals surface area contributed by atoms with Crippen molar-refractivity contribution in [2.75, 3.05) is 6.67 Å². The molecule has 1 atom stereocenters. The summed E-state index contributed by atoms with van der Waals surface area (Å²) in [6, 6.07) is 0. The zero-order valence-electron chi connectivity index (χ0n) is 10.7. The molecule has 2 N–H and O–H groups in total. The lowest BCUT2D eigenvalue weighted by molar-refractivity contribution is -0.146. The van der Waals surface area contributed by atoms with Crippen LogP contribution < -0.4 is 5.32 Å². The zero-order valence-corrected chi connectivity index (χ0v) is 10.7. The van der Waals surface area contributed by atoms with Crippen LogP contribution in [0.25, 0.3) is 0 Å². The van der Waals surface area contributed by atoms with Crippen LogP contribution in [0.5, 0.6) is 0 Å². The van der Waals surface area contributed by atoms with Crippen molar-refractivity contribution in [3.63, 3.8) is 0 Å². The van der Waals surface area contributed by atoms with Gasteiger partial charge in [-0.1, -0.05) is 13.3 Å². The first-order chi connectivity index (χ1) is 7.67. The maximum atomic E-state index is 12.9. The van der Waals surface area contributed by atoms with Crippen LogP contribution in [0.1, 0.15) is 40.5 Å². The Morgan fingerprint density at radius 1 is 1.35 bits per heavy atom.